The molecule has 0 N–H and O–H groups in total. The van der Waals surface area contributed by atoms with Crippen molar-refractivity contribution in [2.75, 3.05) is 44.0 Å². The summed E-state index contributed by atoms with van der Waals surface area (Å²) in [6.45, 7) is 5.18. The second kappa shape index (κ2) is 7.13. The molecule has 2 aromatic heterocycles. The van der Waals surface area contributed by atoms with Crippen molar-refractivity contribution in [3.63, 3.8) is 0 Å². The van der Waals surface area contributed by atoms with Crippen molar-refractivity contribution in [3.8, 4) is 0 Å². The second-order valence-corrected chi connectivity index (χ2v) is 6.68. The lowest BCUT2D eigenvalue weighted by atomic mass is 10.2. The highest BCUT2D eigenvalue weighted by molar-refractivity contribution is 5.49. The molecule has 1 fully saturated rings. The lowest BCUT2D eigenvalue weighted by Crippen LogP contribution is -2.35. The van der Waals surface area contributed by atoms with E-state index in [-0.39, 0.29) is 0 Å². The minimum absolute atomic E-state index is 0.471. The maximum absolute atomic E-state index is 4.52. The molecule has 1 saturated heterocycles. The van der Waals surface area contributed by atoms with E-state index in [1.54, 1.807) is 6.33 Å². The van der Waals surface area contributed by atoms with Gasteiger partial charge in [0.15, 0.2) is 0 Å². The van der Waals surface area contributed by atoms with Crippen molar-refractivity contribution in [1.29, 1.82) is 0 Å². The van der Waals surface area contributed by atoms with E-state index in [0.717, 1.165) is 37.7 Å². The Bertz CT molecular complexity index is 687. The molecule has 1 aliphatic rings. The molecule has 0 radical (unpaired) electrons. The summed E-state index contributed by atoms with van der Waals surface area (Å²) in [5.41, 5.74) is 2.44. The molecule has 0 saturated carbocycles. The predicted octanol–water partition coefficient (Wildman–Crippen LogP) is 1.96. The first kappa shape index (κ1) is 16.6. The quantitative estimate of drug-likeness (QED) is 0.837. The molecular formula is C18H26N6. The minimum atomic E-state index is 0.471. The number of aryl methyl sites for hydroxylation is 1. The lowest BCUT2D eigenvalue weighted by molar-refractivity contribution is 0.321. The smallest absolute Gasteiger partial charge is 0.134 e. The number of hydrogen-bond donors (Lipinski definition) is 0. The molecule has 1 atom stereocenters. The predicted molar refractivity (Wildman–Crippen MR) is 97.4 cm³/mol. The number of nitrogens with zero attached hydrogens (tertiary/aromatic N) is 6. The number of hydrogen-bond acceptors (Lipinski definition) is 6. The van der Waals surface area contributed by atoms with Gasteiger partial charge in [-0.3, -0.25) is 9.88 Å². The van der Waals surface area contributed by atoms with Gasteiger partial charge in [0.1, 0.15) is 18.0 Å². The van der Waals surface area contributed by atoms with E-state index in [2.05, 4.69) is 44.8 Å². The van der Waals surface area contributed by atoms with Gasteiger partial charge in [0.2, 0.25) is 0 Å². The van der Waals surface area contributed by atoms with Crippen LogP contribution in [0, 0.1) is 6.92 Å². The number of aromatic nitrogens is 3. The van der Waals surface area contributed by atoms with Crippen LogP contribution in [-0.4, -0.2) is 60.1 Å². The fourth-order valence-electron chi connectivity index (χ4n) is 3.13. The van der Waals surface area contributed by atoms with Crippen LogP contribution in [0.25, 0.3) is 0 Å². The van der Waals surface area contributed by atoms with Gasteiger partial charge in [-0.2, -0.15) is 0 Å². The zero-order chi connectivity index (χ0) is 17.1. The Labute approximate surface area is 144 Å². The van der Waals surface area contributed by atoms with Gasteiger partial charge in [-0.1, -0.05) is 6.07 Å². The molecule has 1 aliphatic heterocycles. The Morgan fingerprint density at radius 3 is 2.71 bits per heavy atom. The fraction of sp³-hybridized carbons (Fsp3) is 0.500. The molecule has 0 bridgehead atoms. The van der Waals surface area contributed by atoms with Crippen LogP contribution in [-0.2, 0) is 6.54 Å². The molecule has 128 valence electrons. The summed E-state index contributed by atoms with van der Waals surface area (Å²) in [5.74, 6) is 1.92. The highest BCUT2D eigenvalue weighted by atomic mass is 15.3. The molecule has 1 unspecified atom stereocenters. The fourth-order valence-corrected chi connectivity index (χ4v) is 3.13. The molecule has 0 spiro atoms. The number of anilines is 2. The number of likely N-dealkylation sites (tertiary alicyclic amines) is 1. The summed E-state index contributed by atoms with van der Waals surface area (Å²) in [6.07, 6.45) is 4.67. The van der Waals surface area contributed by atoms with Crippen molar-refractivity contribution in [3.05, 3.63) is 42.0 Å². The summed E-state index contributed by atoms with van der Waals surface area (Å²) in [4.78, 5) is 20.0. The first-order chi connectivity index (χ1) is 11.5. The molecule has 2 aromatic rings. The third kappa shape index (κ3) is 3.64. The molecule has 24 heavy (non-hydrogen) atoms. The molecule has 0 aliphatic carbocycles. The average Bonchev–Trinajstić information content (AvgIpc) is 3.05. The van der Waals surface area contributed by atoms with E-state index in [0.29, 0.717) is 6.04 Å². The summed E-state index contributed by atoms with van der Waals surface area (Å²) in [7, 11) is 6.12. The largest absolute Gasteiger partial charge is 0.363 e. The monoisotopic (exact) mass is 326 g/mol. The Balaban J connectivity index is 1.65. The molecule has 0 aromatic carbocycles. The van der Waals surface area contributed by atoms with E-state index in [1.807, 2.05) is 37.3 Å². The van der Waals surface area contributed by atoms with Crippen LogP contribution in [0.2, 0.25) is 0 Å². The van der Waals surface area contributed by atoms with Crippen molar-refractivity contribution in [2.45, 2.75) is 25.9 Å². The van der Waals surface area contributed by atoms with Crippen molar-refractivity contribution in [1.82, 2.24) is 19.9 Å². The maximum Gasteiger partial charge on any atom is 0.134 e. The van der Waals surface area contributed by atoms with Gasteiger partial charge in [0.05, 0.1) is 5.69 Å². The lowest BCUT2D eigenvalue weighted by Gasteiger charge is -2.26. The molecule has 3 heterocycles. The van der Waals surface area contributed by atoms with Crippen molar-refractivity contribution >= 4 is 11.6 Å². The van der Waals surface area contributed by atoms with Crippen LogP contribution >= 0.6 is 0 Å². The summed E-state index contributed by atoms with van der Waals surface area (Å²) >= 11 is 0. The molecule has 6 heteroatoms. The average molecular weight is 326 g/mol. The Kier molecular flexibility index (Phi) is 4.94. The summed E-state index contributed by atoms with van der Waals surface area (Å²) in [6, 6.07) is 6.65. The molecule has 3 rings (SSSR count). The first-order valence-electron chi connectivity index (χ1n) is 8.39. The maximum atomic E-state index is 4.52. The van der Waals surface area contributed by atoms with Gasteiger partial charge in [-0.05, 0) is 25.0 Å². The number of pyridine rings is 1. The van der Waals surface area contributed by atoms with E-state index >= 15 is 0 Å². The van der Waals surface area contributed by atoms with Crippen LogP contribution in [0.5, 0.6) is 0 Å². The number of likely N-dealkylation sites (N-methyl/N-ethyl adjacent to an activating group) is 1. The zero-order valence-corrected chi connectivity index (χ0v) is 15.0. The van der Waals surface area contributed by atoms with E-state index in [1.165, 1.54) is 11.3 Å². The standard InChI is InChI=1S/C18H26N6/c1-14-6-5-8-19-16(14)12-24-9-7-15(11-24)23(4)18-10-17(22(2)3)20-13-21-18/h5-6,8,10,13,15H,7,9,11-12H2,1-4H3. The van der Waals surface area contributed by atoms with E-state index in [4.69, 9.17) is 0 Å². The molecular weight excluding hydrogens is 300 g/mol. The SMILES string of the molecule is Cc1cccnc1CN1CCC(N(C)c2cc(N(C)C)ncn2)C1. The highest BCUT2D eigenvalue weighted by Crippen LogP contribution is 2.23. The van der Waals surface area contributed by atoms with Crippen LogP contribution in [0.4, 0.5) is 11.6 Å². The first-order valence-corrected chi connectivity index (χ1v) is 8.39. The Morgan fingerprint density at radius 1 is 1.17 bits per heavy atom. The van der Waals surface area contributed by atoms with Gasteiger partial charge in [-0.15, -0.1) is 0 Å². The summed E-state index contributed by atoms with van der Waals surface area (Å²) < 4.78 is 0. The number of rotatable bonds is 5. The van der Waals surface area contributed by atoms with E-state index < -0.39 is 0 Å². The van der Waals surface area contributed by atoms with Crippen molar-refractivity contribution in [2.24, 2.45) is 0 Å². The van der Waals surface area contributed by atoms with Crippen LogP contribution < -0.4 is 9.80 Å². The Morgan fingerprint density at radius 2 is 1.96 bits per heavy atom. The minimum Gasteiger partial charge on any atom is -0.363 e. The van der Waals surface area contributed by atoms with E-state index in [9.17, 15) is 0 Å². The third-order valence-electron chi connectivity index (χ3n) is 4.74. The topological polar surface area (TPSA) is 48.4 Å². The van der Waals surface area contributed by atoms with Gasteiger partial charge in [0, 0.05) is 59.1 Å². The zero-order valence-electron chi connectivity index (χ0n) is 15.0. The molecule has 0 amide bonds. The van der Waals surface area contributed by atoms with Crippen molar-refractivity contribution < 1.29 is 0 Å². The summed E-state index contributed by atoms with van der Waals surface area (Å²) in [5, 5.41) is 0. The highest BCUT2D eigenvalue weighted by Gasteiger charge is 2.27. The second-order valence-electron chi connectivity index (χ2n) is 6.68. The normalized spacial score (nSPS) is 17.9. The van der Waals surface area contributed by atoms with Gasteiger partial charge in [-0.25, -0.2) is 9.97 Å². The van der Waals surface area contributed by atoms with Crippen LogP contribution in [0.15, 0.2) is 30.7 Å². The third-order valence-corrected chi connectivity index (χ3v) is 4.74. The van der Waals surface area contributed by atoms with Gasteiger partial charge in [0.25, 0.3) is 0 Å². The van der Waals surface area contributed by atoms with Gasteiger partial charge >= 0.3 is 0 Å². The van der Waals surface area contributed by atoms with Crippen LogP contribution in [0.3, 0.4) is 0 Å². The van der Waals surface area contributed by atoms with Crippen LogP contribution in [0.1, 0.15) is 17.7 Å². The van der Waals surface area contributed by atoms with Gasteiger partial charge < -0.3 is 9.80 Å². The Hall–Kier alpha value is -2.21. The molecule has 6 nitrogen and oxygen atoms in total.